The number of aliphatic hydroxyl groups is 1. The number of benzene rings is 6. The van der Waals surface area contributed by atoms with E-state index in [9.17, 15) is 28.8 Å². The van der Waals surface area contributed by atoms with E-state index in [1.807, 2.05) is 106 Å². The molecule has 0 radical (unpaired) electrons. The minimum Gasteiger partial charge on any atom is -0.397 e. The van der Waals surface area contributed by atoms with Crippen molar-refractivity contribution in [2.45, 2.75) is 105 Å². The normalized spacial score (nSPS) is 13.0. The number of thioether (sulfide) groups is 1. The Morgan fingerprint density at radius 1 is 0.562 bits per heavy atom. The molecule has 2 aromatic heterocycles. The number of amides is 3. The first-order chi connectivity index (χ1) is 42.7. The van der Waals surface area contributed by atoms with Gasteiger partial charge in [0, 0.05) is 63.0 Å². The molecule has 2 heterocycles. The van der Waals surface area contributed by atoms with Crippen molar-refractivity contribution in [1.29, 1.82) is 5.26 Å². The van der Waals surface area contributed by atoms with Crippen LogP contribution in [0.25, 0.3) is 11.4 Å². The first-order valence-corrected chi connectivity index (χ1v) is 30.5. The van der Waals surface area contributed by atoms with E-state index in [1.54, 1.807) is 110 Å². The van der Waals surface area contributed by atoms with Crippen molar-refractivity contribution in [1.82, 2.24) is 35.5 Å². The van der Waals surface area contributed by atoms with Gasteiger partial charge >= 0.3 is 0 Å². The lowest BCUT2D eigenvalue weighted by atomic mass is 10.0. The molecule has 20 heteroatoms. The molecule has 89 heavy (non-hydrogen) atoms. The van der Waals surface area contributed by atoms with E-state index in [-0.39, 0.29) is 71.0 Å². The van der Waals surface area contributed by atoms with Gasteiger partial charge in [-0.3, -0.25) is 34.6 Å². The number of aryl methyl sites for hydroxylation is 5. The summed E-state index contributed by atoms with van der Waals surface area (Å²) in [5.74, 6) is 3.42. The second-order valence-electron chi connectivity index (χ2n) is 21.6. The molecule has 6 aromatic carbocycles. The molecule has 0 spiro atoms. The average molecular weight is 1220 g/mol. The van der Waals surface area contributed by atoms with E-state index in [2.05, 4.69) is 37.4 Å². The van der Waals surface area contributed by atoms with Gasteiger partial charge < -0.3 is 32.5 Å². The molecular weight excluding hydrogens is 1140 g/mol. The molecule has 0 aliphatic heterocycles. The molecule has 3 amide bonds. The van der Waals surface area contributed by atoms with Crippen molar-refractivity contribution < 1.29 is 39.7 Å². The number of nitrogen functional groups attached to an aromatic ring is 2. The van der Waals surface area contributed by atoms with Gasteiger partial charge in [0.15, 0.2) is 11.6 Å². The van der Waals surface area contributed by atoms with Crippen LogP contribution in [-0.2, 0) is 0 Å². The molecule has 460 valence electrons. The third kappa shape index (κ3) is 17.6. The Bertz CT molecular complexity index is 3760. The zero-order chi connectivity index (χ0) is 64.5. The van der Waals surface area contributed by atoms with Crippen LogP contribution in [0, 0.1) is 45.9 Å². The first-order valence-electron chi connectivity index (χ1n) is 29.3. The number of nitriles is 1. The van der Waals surface area contributed by atoms with Crippen LogP contribution in [0.5, 0.6) is 0 Å². The number of allylic oxidation sites excluding steroid dienone is 2. The van der Waals surface area contributed by atoms with E-state index < -0.39 is 0 Å². The molecule has 3 aliphatic carbocycles. The summed E-state index contributed by atoms with van der Waals surface area (Å²) < 4.78 is 3.10. The third-order valence-electron chi connectivity index (χ3n) is 14.6. The minimum atomic E-state index is -0.204. The van der Waals surface area contributed by atoms with Gasteiger partial charge in [0.05, 0.1) is 39.6 Å². The van der Waals surface area contributed by atoms with E-state index in [1.165, 1.54) is 11.8 Å². The summed E-state index contributed by atoms with van der Waals surface area (Å²) in [6.45, 7) is 13.1. The van der Waals surface area contributed by atoms with Crippen molar-refractivity contribution in [3.05, 3.63) is 229 Å². The Morgan fingerprint density at radius 2 is 0.899 bits per heavy atom. The van der Waals surface area contributed by atoms with Crippen LogP contribution < -0.4 is 38.7 Å². The van der Waals surface area contributed by atoms with E-state index >= 15 is 0 Å². The van der Waals surface area contributed by atoms with E-state index in [0.717, 1.165) is 65.8 Å². The number of anilines is 3. The second kappa shape index (κ2) is 31.1. The summed E-state index contributed by atoms with van der Waals surface area (Å²) in [4.78, 5) is 75.0. The Balaban J connectivity index is 0.000000173. The zero-order valence-electron chi connectivity index (χ0n) is 51.4. The van der Waals surface area contributed by atoms with Gasteiger partial charge in [-0.05, 0) is 146 Å². The fraction of sp³-hybridized carbons (Fsp3) is 0.261. The van der Waals surface area contributed by atoms with Gasteiger partial charge in [0.2, 0.25) is 5.78 Å². The summed E-state index contributed by atoms with van der Waals surface area (Å²) in [5, 5.41) is 34.4. The van der Waals surface area contributed by atoms with Crippen LogP contribution in [-0.4, -0.2) is 90.7 Å². The number of rotatable bonds is 16. The van der Waals surface area contributed by atoms with Crippen molar-refractivity contribution in [3.8, 4) is 17.4 Å². The minimum absolute atomic E-state index is 0.00833. The van der Waals surface area contributed by atoms with Crippen LogP contribution in [0.3, 0.4) is 0 Å². The lowest BCUT2D eigenvalue weighted by Crippen LogP contribution is -2.56. The molecular formula is C69H77N12O7S+. The number of carbonyl (C=O) groups excluding carboxylic acids is 6. The summed E-state index contributed by atoms with van der Waals surface area (Å²) >= 11 is 1.42. The van der Waals surface area contributed by atoms with Gasteiger partial charge in [0.25, 0.3) is 17.7 Å². The Hall–Kier alpha value is -9.94. The number of nitrogens with one attached hydrogen (secondary N) is 4. The number of ketones is 3. The molecule has 11 rings (SSSR count). The van der Waals surface area contributed by atoms with Gasteiger partial charge in [-0.2, -0.15) is 15.5 Å². The highest BCUT2D eigenvalue weighted by Gasteiger charge is 2.28. The lowest BCUT2D eigenvalue weighted by molar-refractivity contribution is -0.325. The summed E-state index contributed by atoms with van der Waals surface area (Å²) in [5.41, 5.74) is 26.3. The van der Waals surface area contributed by atoms with Gasteiger partial charge in [0.1, 0.15) is 23.3 Å². The number of quaternary nitrogens is 1. The van der Waals surface area contributed by atoms with Crippen molar-refractivity contribution >= 4 is 64.2 Å². The quantitative estimate of drug-likeness (QED) is 0.0193. The molecule has 3 fully saturated rings. The maximum atomic E-state index is 12.9. The number of hydrogen-bond acceptors (Lipinski definition) is 14. The smallest absolute Gasteiger partial charge is 0.251 e. The van der Waals surface area contributed by atoms with Crippen molar-refractivity contribution in [2.75, 3.05) is 29.8 Å². The van der Waals surface area contributed by atoms with Gasteiger partial charge in [-0.25, -0.2) is 14.8 Å². The fourth-order valence-corrected chi connectivity index (χ4v) is 9.35. The molecule has 0 bridgehead atoms. The predicted molar refractivity (Wildman–Crippen MR) is 349 cm³/mol. The Morgan fingerprint density at radius 3 is 1.22 bits per heavy atom. The topological polar surface area (TPSA) is 310 Å². The SMILES string of the molecule is CCO.CS/C(C)=C(\C#N)C(=O)c1ccccc1.Cc1ccc(C(=O)NC2CC2)cc1-n1nc(C)c(C(=O)c2ccccc2)c1N.Cc1ccc(C(=O)NC2CC2)cc1-n1nc(C)c(C(=O)c2ccccc2)c1N.Cc1ccc(C(=O)NC2CC2)cc1N[NH3+]. The first kappa shape index (κ1) is 66.6. The molecule has 3 aliphatic rings. The average Bonchev–Trinajstić information content (AvgIpc) is 1.80. The molecule has 19 nitrogen and oxygen atoms in total. The second-order valence-corrected chi connectivity index (χ2v) is 22.6. The number of aromatic nitrogens is 4. The van der Waals surface area contributed by atoms with Crippen LogP contribution in [0.4, 0.5) is 17.3 Å². The highest BCUT2D eigenvalue weighted by Crippen LogP contribution is 2.30. The molecule has 0 unspecified atom stereocenters. The van der Waals surface area contributed by atoms with Crippen LogP contribution in [0.1, 0.15) is 154 Å². The van der Waals surface area contributed by atoms with Crippen LogP contribution >= 0.6 is 11.8 Å². The molecule has 8 aromatic rings. The third-order valence-corrected chi connectivity index (χ3v) is 15.4. The Labute approximate surface area is 523 Å². The monoisotopic (exact) mass is 1220 g/mol. The largest absolute Gasteiger partial charge is 0.397 e. The van der Waals surface area contributed by atoms with Crippen LogP contribution in [0.15, 0.2) is 156 Å². The van der Waals surface area contributed by atoms with E-state index in [4.69, 9.17) is 21.8 Å². The number of hydrogen-bond donors (Lipinski definition) is 8. The number of carbonyl (C=O) groups is 6. The number of aliphatic hydroxyl groups excluding tert-OH is 1. The Kier molecular flexibility index (Phi) is 23.3. The fourth-order valence-electron chi connectivity index (χ4n) is 9.01. The highest BCUT2D eigenvalue weighted by molar-refractivity contribution is 8.02. The maximum Gasteiger partial charge on any atom is 0.251 e. The number of nitrogens with zero attached hydrogens (tertiary/aromatic N) is 5. The number of Topliss-reactive ketones (excluding diaryl/α,β-unsaturated/α-hetero) is 1. The summed E-state index contributed by atoms with van der Waals surface area (Å²) in [7, 11) is 0. The van der Waals surface area contributed by atoms with Crippen molar-refractivity contribution in [2.24, 2.45) is 0 Å². The van der Waals surface area contributed by atoms with Gasteiger partial charge in [-0.15, -0.1) is 11.8 Å². The molecule has 3 saturated carbocycles. The molecule has 0 atom stereocenters. The van der Waals surface area contributed by atoms with E-state index in [0.29, 0.717) is 73.3 Å². The van der Waals surface area contributed by atoms with Crippen LogP contribution in [0.2, 0.25) is 0 Å². The van der Waals surface area contributed by atoms with Gasteiger partial charge in [-0.1, -0.05) is 109 Å². The maximum absolute atomic E-state index is 12.9. The molecule has 12 N–H and O–H groups in total. The summed E-state index contributed by atoms with van der Waals surface area (Å²) in [6.07, 6.45) is 8.18. The highest BCUT2D eigenvalue weighted by atomic mass is 32.2. The zero-order valence-corrected chi connectivity index (χ0v) is 52.3. The predicted octanol–water partition coefficient (Wildman–Crippen LogP) is 9.87. The van der Waals surface area contributed by atoms with Crippen molar-refractivity contribution in [3.63, 3.8) is 0 Å². The lowest BCUT2D eigenvalue weighted by Gasteiger charge is -2.11. The number of nitrogens with two attached hydrogens (primary N) is 2. The molecule has 0 saturated heterocycles. The standard InChI is InChI=1S/2C22H22N4O2.C12H11NOS.C11H15N3O.C2H6O/c2*1-13-8-9-16(22(28)24-17-10-11-17)12-18(13)26-21(23)19(14(2)25-26)20(27)15-6-4-3-5-7-15;1-9(15-2)11(8-13)12(14)10-6-4-3-5-7-10;1-7-2-3-8(6-10(7)14-12)11(15)13-9-4-5-9;1-2-3/h2*3-9,12,17H,10-11,23H2,1-2H3,(H,24,28);3-7H,1-2H3;2-3,6,9,14H,4-5,12H2,1H3,(H,13,15);3H,2H2,1H3/p+1/b;;11-9+;;. The summed E-state index contributed by atoms with van der Waals surface area (Å²) in [6, 6.07) is 46.2.